The molecular weight excluding hydrogens is 234 g/mol. The molecule has 0 saturated heterocycles. The molecule has 1 amide bonds. The van der Waals surface area contributed by atoms with Gasteiger partial charge < -0.3 is 10.4 Å². The number of amides is 1. The third kappa shape index (κ3) is 3.06. The topological polar surface area (TPSA) is 114 Å². The van der Waals surface area contributed by atoms with Gasteiger partial charge in [-0.05, 0) is 17.7 Å². The molecule has 90 valence electrons. The van der Waals surface area contributed by atoms with Crippen molar-refractivity contribution >= 4 is 12.4 Å². The van der Waals surface area contributed by atoms with Gasteiger partial charge in [0.15, 0.2) is 0 Å². The predicted octanol–water partition coefficient (Wildman–Crippen LogP) is 0.172. The average molecular weight is 243 g/mol. The Hall–Kier alpha value is -2.86. The lowest BCUT2D eigenvalue weighted by Gasteiger charge is -2.12. The maximum atomic E-state index is 10.9. The summed E-state index contributed by atoms with van der Waals surface area (Å²) < 4.78 is 0. The van der Waals surface area contributed by atoms with E-state index in [9.17, 15) is 9.59 Å². The zero-order chi connectivity index (χ0) is 13.5. The number of nitrogens with one attached hydrogen (secondary N) is 1. The maximum Gasteiger partial charge on any atom is 0.326 e. The smallest absolute Gasteiger partial charge is 0.326 e. The van der Waals surface area contributed by atoms with Crippen LogP contribution in [0.15, 0.2) is 18.2 Å². The van der Waals surface area contributed by atoms with Gasteiger partial charge in [-0.1, -0.05) is 6.07 Å². The molecule has 1 aromatic carbocycles. The molecule has 1 aromatic rings. The molecule has 0 aliphatic rings. The van der Waals surface area contributed by atoms with Crippen molar-refractivity contribution in [1.82, 2.24) is 5.32 Å². The molecule has 0 aliphatic carbocycles. The van der Waals surface area contributed by atoms with Gasteiger partial charge in [0.25, 0.3) is 0 Å². The second-order valence-electron chi connectivity index (χ2n) is 3.47. The van der Waals surface area contributed by atoms with Crippen LogP contribution in [-0.4, -0.2) is 23.5 Å². The summed E-state index contributed by atoms with van der Waals surface area (Å²) in [5.74, 6) is -1.18. The number of carboxylic acids is 1. The fourth-order valence-electron chi connectivity index (χ4n) is 1.45. The summed E-state index contributed by atoms with van der Waals surface area (Å²) in [6, 6.07) is 7.09. The lowest BCUT2D eigenvalue weighted by atomic mass is 9.99. The summed E-state index contributed by atoms with van der Waals surface area (Å²) in [7, 11) is 0. The maximum absolute atomic E-state index is 10.9. The van der Waals surface area contributed by atoms with E-state index in [4.69, 9.17) is 15.6 Å². The molecular formula is C12H9N3O3. The third-order valence-electron chi connectivity index (χ3n) is 2.35. The summed E-state index contributed by atoms with van der Waals surface area (Å²) in [6.45, 7) is 0. The minimum absolute atomic E-state index is 0.0112. The van der Waals surface area contributed by atoms with Gasteiger partial charge >= 0.3 is 5.97 Å². The molecule has 1 atom stereocenters. The highest BCUT2D eigenvalue weighted by molar-refractivity contribution is 5.76. The number of aliphatic carboxylic acids is 1. The van der Waals surface area contributed by atoms with Gasteiger partial charge in [-0.2, -0.15) is 10.5 Å². The molecule has 0 saturated carbocycles. The van der Waals surface area contributed by atoms with Gasteiger partial charge in [0.2, 0.25) is 6.41 Å². The second-order valence-corrected chi connectivity index (χ2v) is 3.47. The number of carbonyl (C=O) groups excluding carboxylic acids is 1. The molecule has 1 rings (SSSR count). The first-order valence-corrected chi connectivity index (χ1v) is 4.98. The standard InChI is InChI=1S/C12H9N3O3/c13-5-8-1-2-9(10(3-8)6-14)4-11(12(17)18)15-7-16/h1-3,7,11H,4H2,(H,15,16)(H,17,18). The van der Waals surface area contributed by atoms with E-state index in [-0.39, 0.29) is 12.0 Å². The largest absolute Gasteiger partial charge is 0.480 e. The minimum Gasteiger partial charge on any atom is -0.480 e. The van der Waals surface area contributed by atoms with Crippen LogP contribution in [0.5, 0.6) is 0 Å². The Morgan fingerprint density at radius 3 is 2.67 bits per heavy atom. The molecule has 0 heterocycles. The van der Waals surface area contributed by atoms with E-state index in [1.54, 1.807) is 0 Å². The predicted molar refractivity (Wildman–Crippen MR) is 60.2 cm³/mol. The first-order valence-electron chi connectivity index (χ1n) is 4.98. The first kappa shape index (κ1) is 13.2. The van der Waals surface area contributed by atoms with Gasteiger partial charge in [-0.25, -0.2) is 4.79 Å². The highest BCUT2D eigenvalue weighted by Crippen LogP contribution is 2.13. The van der Waals surface area contributed by atoms with Gasteiger partial charge in [0, 0.05) is 6.42 Å². The number of nitriles is 2. The Bertz CT molecular complexity index is 555. The molecule has 1 unspecified atom stereocenters. The number of rotatable bonds is 5. The molecule has 0 radical (unpaired) electrons. The molecule has 0 aromatic heterocycles. The van der Waals surface area contributed by atoms with Crippen molar-refractivity contribution in [3.63, 3.8) is 0 Å². The zero-order valence-electron chi connectivity index (χ0n) is 9.25. The van der Waals surface area contributed by atoms with E-state index in [1.807, 2.05) is 12.1 Å². The van der Waals surface area contributed by atoms with E-state index in [0.29, 0.717) is 17.5 Å². The van der Waals surface area contributed by atoms with Crippen LogP contribution in [0.2, 0.25) is 0 Å². The van der Waals surface area contributed by atoms with Crippen LogP contribution in [-0.2, 0) is 16.0 Å². The van der Waals surface area contributed by atoms with Gasteiger partial charge in [-0.15, -0.1) is 0 Å². The van der Waals surface area contributed by atoms with Crippen molar-refractivity contribution < 1.29 is 14.7 Å². The fourth-order valence-corrected chi connectivity index (χ4v) is 1.45. The lowest BCUT2D eigenvalue weighted by molar-refractivity contribution is -0.140. The second kappa shape index (κ2) is 6.02. The first-order chi connectivity index (χ1) is 8.62. The Labute approximate surface area is 103 Å². The number of hydrogen-bond acceptors (Lipinski definition) is 4. The number of hydrogen-bond donors (Lipinski definition) is 2. The monoisotopic (exact) mass is 243 g/mol. The Balaban J connectivity index is 3.03. The number of benzene rings is 1. The SMILES string of the molecule is N#Cc1ccc(CC(NC=O)C(=O)O)c(C#N)c1. The van der Waals surface area contributed by atoms with Crippen molar-refractivity contribution in [2.45, 2.75) is 12.5 Å². The summed E-state index contributed by atoms with van der Waals surface area (Å²) in [5, 5.41) is 28.6. The summed E-state index contributed by atoms with van der Waals surface area (Å²) in [5.41, 5.74) is 1.02. The van der Waals surface area contributed by atoms with Crippen LogP contribution >= 0.6 is 0 Å². The molecule has 0 bridgehead atoms. The lowest BCUT2D eigenvalue weighted by Crippen LogP contribution is -2.37. The third-order valence-corrected chi connectivity index (χ3v) is 2.35. The van der Waals surface area contributed by atoms with Crippen LogP contribution in [0.25, 0.3) is 0 Å². The van der Waals surface area contributed by atoms with Gasteiger partial charge in [-0.3, -0.25) is 4.79 Å². The van der Waals surface area contributed by atoms with Gasteiger partial charge in [0.1, 0.15) is 6.04 Å². The molecule has 0 aliphatic heterocycles. The minimum atomic E-state index is -1.18. The summed E-state index contributed by atoms with van der Waals surface area (Å²) in [6.07, 6.45) is 0.289. The highest BCUT2D eigenvalue weighted by atomic mass is 16.4. The van der Waals surface area contributed by atoms with E-state index >= 15 is 0 Å². The molecule has 6 nitrogen and oxygen atoms in total. The Morgan fingerprint density at radius 1 is 1.44 bits per heavy atom. The van der Waals surface area contributed by atoms with Crippen molar-refractivity contribution in [2.75, 3.05) is 0 Å². The summed E-state index contributed by atoms with van der Waals surface area (Å²) in [4.78, 5) is 21.1. The van der Waals surface area contributed by atoms with E-state index in [0.717, 1.165) is 0 Å². The van der Waals surface area contributed by atoms with Crippen LogP contribution in [0, 0.1) is 22.7 Å². The molecule has 0 fully saturated rings. The number of nitrogens with zero attached hydrogens (tertiary/aromatic N) is 2. The van der Waals surface area contributed by atoms with Crippen molar-refractivity contribution in [1.29, 1.82) is 10.5 Å². The van der Waals surface area contributed by atoms with Crippen LogP contribution in [0.1, 0.15) is 16.7 Å². The van der Waals surface area contributed by atoms with Crippen molar-refractivity contribution in [2.24, 2.45) is 0 Å². The quantitative estimate of drug-likeness (QED) is 0.715. The van der Waals surface area contributed by atoms with Crippen molar-refractivity contribution in [3.05, 3.63) is 34.9 Å². The Kier molecular flexibility index (Phi) is 4.42. The molecule has 6 heteroatoms. The van der Waals surface area contributed by atoms with E-state index in [2.05, 4.69) is 5.32 Å². The zero-order valence-corrected chi connectivity index (χ0v) is 9.25. The molecule has 18 heavy (non-hydrogen) atoms. The highest BCUT2D eigenvalue weighted by Gasteiger charge is 2.18. The Morgan fingerprint density at radius 2 is 2.17 bits per heavy atom. The van der Waals surface area contributed by atoms with Crippen LogP contribution in [0.3, 0.4) is 0 Å². The molecule has 2 N–H and O–H groups in total. The van der Waals surface area contributed by atoms with E-state index < -0.39 is 12.0 Å². The molecule has 0 spiro atoms. The van der Waals surface area contributed by atoms with Crippen LogP contribution in [0.4, 0.5) is 0 Å². The normalized spacial score (nSPS) is 10.8. The van der Waals surface area contributed by atoms with Gasteiger partial charge in [0.05, 0.1) is 23.3 Å². The van der Waals surface area contributed by atoms with E-state index in [1.165, 1.54) is 18.2 Å². The number of carbonyl (C=O) groups is 2. The number of carboxylic acid groups (broad SMARTS) is 1. The fraction of sp³-hybridized carbons (Fsp3) is 0.167. The summed E-state index contributed by atoms with van der Waals surface area (Å²) >= 11 is 0. The average Bonchev–Trinajstić information content (AvgIpc) is 2.38. The van der Waals surface area contributed by atoms with Crippen LogP contribution < -0.4 is 5.32 Å². The van der Waals surface area contributed by atoms with Crippen molar-refractivity contribution in [3.8, 4) is 12.1 Å².